The fourth-order valence-electron chi connectivity index (χ4n) is 4.32. The summed E-state index contributed by atoms with van der Waals surface area (Å²) in [5.74, 6) is -0.650. The molecule has 3 aromatic rings. The molecular formula is C22H24N6O4S. The number of aliphatic carboxylic acids is 1. The number of ether oxygens (including phenoxy) is 1. The molecule has 1 amide bonds. The number of hydrogen-bond acceptors (Lipinski definition) is 8. The first-order valence-electron chi connectivity index (χ1n) is 10.6. The van der Waals surface area contributed by atoms with Crippen LogP contribution in [0.2, 0.25) is 0 Å². The van der Waals surface area contributed by atoms with E-state index < -0.39 is 17.6 Å². The Balaban J connectivity index is 1.32. The summed E-state index contributed by atoms with van der Waals surface area (Å²) >= 11 is 1.49. The number of rotatable bonds is 7. The fraction of sp³-hybridized carbons (Fsp3) is 0.409. The molecule has 0 spiro atoms. The van der Waals surface area contributed by atoms with Crippen LogP contribution >= 0.6 is 11.3 Å². The molecule has 10 nitrogen and oxygen atoms in total. The molecule has 1 aliphatic heterocycles. The van der Waals surface area contributed by atoms with Gasteiger partial charge in [-0.15, -0.1) is 17.9 Å². The fourth-order valence-corrected chi connectivity index (χ4v) is 5.09. The number of hydrogen-bond donors (Lipinski definition) is 3. The van der Waals surface area contributed by atoms with Crippen LogP contribution in [0.25, 0.3) is 21.7 Å². The highest BCUT2D eigenvalue weighted by molar-refractivity contribution is 7.17. The molecule has 172 valence electrons. The highest BCUT2D eigenvalue weighted by Gasteiger charge is 2.60. The minimum absolute atomic E-state index is 0.255. The van der Waals surface area contributed by atoms with Crippen molar-refractivity contribution in [2.24, 2.45) is 13.0 Å². The maximum absolute atomic E-state index is 12.8. The lowest BCUT2D eigenvalue weighted by Crippen LogP contribution is -2.51. The molecule has 0 aromatic carbocycles. The van der Waals surface area contributed by atoms with E-state index in [0.29, 0.717) is 31.1 Å². The molecule has 0 radical (unpaired) electrons. The first-order valence-corrected chi connectivity index (χ1v) is 11.5. The van der Waals surface area contributed by atoms with Crippen molar-refractivity contribution in [3.63, 3.8) is 0 Å². The van der Waals surface area contributed by atoms with E-state index in [1.165, 1.54) is 11.3 Å². The van der Waals surface area contributed by atoms with E-state index >= 15 is 0 Å². The Labute approximate surface area is 193 Å². The Morgan fingerprint density at radius 3 is 2.94 bits per heavy atom. The third-order valence-electron chi connectivity index (χ3n) is 6.22. The molecular weight excluding hydrogens is 444 g/mol. The van der Waals surface area contributed by atoms with Crippen molar-refractivity contribution in [3.05, 3.63) is 35.9 Å². The van der Waals surface area contributed by atoms with Gasteiger partial charge in [-0.3, -0.25) is 9.48 Å². The molecule has 5 rings (SSSR count). The molecule has 11 heteroatoms. The number of aromatic nitrogens is 4. The van der Waals surface area contributed by atoms with Crippen molar-refractivity contribution < 1.29 is 19.4 Å². The predicted octanol–water partition coefficient (Wildman–Crippen LogP) is 1.66. The zero-order chi connectivity index (χ0) is 23.3. The number of carboxylic acids is 1. The zero-order valence-electron chi connectivity index (χ0n) is 18.2. The van der Waals surface area contributed by atoms with Gasteiger partial charge < -0.3 is 20.5 Å². The maximum Gasteiger partial charge on any atom is 0.330 e. The summed E-state index contributed by atoms with van der Waals surface area (Å²) in [4.78, 5) is 33.7. The predicted molar refractivity (Wildman–Crippen MR) is 122 cm³/mol. The van der Waals surface area contributed by atoms with Crippen LogP contribution in [0.5, 0.6) is 5.88 Å². The van der Waals surface area contributed by atoms with Crippen LogP contribution in [0.3, 0.4) is 0 Å². The first-order chi connectivity index (χ1) is 15.8. The molecule has 1 saturated heterocycles. The summed E-state index contributed by atoms with van der Waals surface area (Å²) in [5.41, 5.74) is 1.19. The van der Waals surface area contributed by atoms with E-state index in [9.17, 15) is 14.7 Å². The minimum atomic E-state index is -1.24. The third kappa shape index (κ3) is 3.76. The number of carboxylic acid groups (broad SMARTS) is 1. The molecule has 4 heterocycles. The SMILES string of the molecule is C=C[C@@H]1C[C@]1(NC(=O)[C@@H]1C[C@@H](Oc2nc(-c3cc(C)nn3C)nc3ccsc23)CN1)C(=O)O. The number of thiophene rings is 1. The van der Waals surface area contributed by atoms with Crippen LogP contribution in [-0.2, 0) is 16.6 Å². The van der Waals surface area contributed by atoms with Gasteiger partial charge in [0.25, 0.3) is 0 Å². The summed E-state index contributed by atoms with van der Waals surface area (Å²) in [6.07, 6.45) is 2.04. The quantitative estimate of drug-likeness (QED) is 0.446. The topological polar surface area (TPSA) is 131 Å². The number of carbonyl (C=O) groups excluding carboxylic acids is 1. The highest BCUT2D eigenvalue weighted by atomic mass is 32.1. The first kappa shape index (κ1) is 21.5. The average molecular weight is 469 g/mol. The molecule has 0 unspecified atom stereocenters. The number of nitrogens with zero attached hydrogens (tertiary/aromatic N) is 4. The van der Waals surface area contributed by atoms with Gasteiger partial charge in [-0.25, -0.2) is 9.78 Å². The van der Waals surface area contributed by atoms with Crippen LogP contribution in [0.1, 0.15) is 18.5 Å². The number of carbonyl (C=O) groups is 2. The monoisotopic (exact) mass is 468 g/mol. The van der Waals surface area contributed by atoms with E-state index in [1.807, 2.05) is 31.5 Å². The number of amides is 1. The van der Waals surface area contributed by atoms with Crippen LogP contribution in [0.4, 0.5) is 0 Å². The van der Waals surface area contributed by atoms with E-state index in [1.54, 1.807) is 10.8 Å². The minimum Gasteiger partial charge on any atom is -0.479 e. The summed E-state index contributed by atoms with van der Waals surface area (Å²) in [6.45, 7) is 6.01. The van der Waals surface area contributed by atoms with Gasteiger partial charge in [0, 0.05) is 25.9 Å². The molecule has 1 saturated carbocycles. The second kappa shape index (κ2) is 7.92. The smallest absolute Gasteiger partial charge is 0.330 e. The molecule has 3 N–H and O–H groups in total. The Morgan fingerprint density at radius 1 is 1.45 bits per heavy atom. The Bertz CT molecular complexity index is 1270. The summed E-state index contributed by atoms with van der Waals surface area (Å²) in [5, 5.41) is 21.7. The molecule has 33 heavy (non-hydrogen) atoms. The van der Waals surface area contributed by atoms with Crippen LogP contribution in [0, 0.1) is 12.8 Å². The van der Waals surface area contributed by atoms with Crippen molar-refractivity contribution >= 4 is 33.4 Å². The maximum atomic E-state index is 12.8. The molecule has 2 fully saturated rings. The standard InChI is InChI=1S/C22H24N6O4S/c1-4-12-9-22(12,21(30)31)26-19(29)15-8-13(10-23-15)32-20-17-14(5-6-33-17)24-18(25-20)16-7-11(2)27-28(16)3/h4-7,12-13,15,23H,1,8-10H2,2-3H3,(H,26,29)(H,30,31)/t12-,13-,15+,22-/m1/s1. The molecule has 1 aliphatic carbocycles. The molecule has 4 atom stereocenters. The van der Waals surface area contributed by atoms with Gasteiger partial charge >= 0.3 is 5.97 Å². The summed E-state index contributed by atoms with van der Waals surface area (Å²) < 4.78 is 8.79. The largest absolute Gasteiger partial charge is 0.479 e. The van der Waals surface area contributed by atoms with E-state index in [-0.39, 0.29) is 17.9 Å². The summed E-state index contributed by atoms with van der Waals surface area (Å²) in [7, 11) is 1.84. The van der Waals surface area contributed by atoms with Crippen LogP contribution < -0.4 is 15.4 Å². The number of aryl methyl sites for hydroxylation is 2. The van der Waals surface area contributed by atoms with Gasteiger partial charge in [0.05, 0.1) is 17.3 Å². The lowest BCUT2D eigenvalue weighted by molar-refractivity contribution is -0.143. The van der Waals surface area contributed by atoms with Gasteiger partial charge in [0.1, 0.15) is 22.0 Å². The Hall–Kier alpha value is -3.31. The van der Waals surface area contributed by atoms with Gasteiger partial charge in [-0.1, -0.05) is 6.08 Å². The lowest BCUT2D eigenvalue weighted by Gasteiger charge is -2.18. The number of nitrogens with one attached hydrogen (secondary N) is 2. The van der Waals surface area contributed by atoms with Crippen molar-refractivity contribution in [2.75, 3.05) is 6.54 Å². The van der Waals surface area contributed by atoms with Crippen LogP contribution in [0.15, 0.2) is 30.2 Å². The zero-order valence-corrected chi connectivity index (χ0v) is 19.1. The second-order valence-corrected chi connectivity index (χ2v) is 9.45. The number of fused-ring (bicyclic) bond motifs is 1. The van der Waals surface area contributed by atoms with Crippen molar-refractivity contribution in [1.29, 1.82) is 0 Å². The Kier molecular flexibility index (Phi) is 5.17. The summed E-state index contributed by atoms with van der Waals surface area (Å²) in [6, 6.07) is 3.29. The van der Waals surface area contributed by atoms with E-state index in [2.05, 4.69) is 32.3 Å². The average Bonchev–Trinajstić information content (AvgIpc) is 3.14. The lowest BCUT2D eigenvalue weighted by atomic mass is 10.1. The van der Waals surface area contributed by atoms with Gasteiger partial charge in [-0.05, 0) is 30.9 Å². The third-order valence-corrected chi connectivity index (χ3v) is 7.11. The molecule has 2 aliphatic rings. The normalized spacial score (nSPS) is 26.3. The van der Waals surface area contributed by atoms with Gasteiger partial charge in [-0.2, -0.15) is 10.1 Å². The Morgan fingerprint density at radius 2 is 2.27 bits per heavy atom. The van der Waals surface area contributed by atoms with Crippen molar-refractivity contribution in [1.82, 2.24) is 30.4 Å². The second-order valence-electron chi connectivity index (χ2n) is 8.53. The molecule has 3 aromatic heterocycles. The highest BCUT2D eigenvalue weighted by Crippen LogP contribution is 2.44. The van der Waals surface area contributed by atoms with Crippen molar-refractivity contribution in [3.8, 4) is 17.4 Å². The molecule has 0 bridgehead atoms. The van der Waals surface area contributed by atoms with Gasteiger partial charge in [0.2, 0.25) is 11.8 Å². The van der Waals surface area contributed by atoms with Crippen LogP contribution in [-0.4, -0.2) is 61.0 Å². The van der Waals surface area contributed by atoms with E-state index in [4.69, 9.17) is 4.74 Å². The van der Waals surface area contributed by atoms with Crippen molar-refractivity contribution in [2.45, 2.75) is 37.5 Å². The van der Waals surface area contributed by atoms with Gasteiger partial charge in [0.15, 0.2) is 5.82 Å². The van der Waals surface area contributed by atoms with E-state index in [0.717, 1.165) is 21.6 Å².